The molecule has 0 aromatic carbocycles. The SMILES string of the molecule is CC(CCN(C)C(=O)OC(C)(C)C)N1CCOC1=O. The van der Waals surface area contributed by atoms with Gasteiger partial charge in [0.25, 0.3) is 0 Å². The molecular weight excluding hydrogens is 248 g/mol. The van der Waals surface area contributed by atoms with Gasteiger partial charge in [0.15, 0.2) is 0 Å². The molecule has 0 aromatic rings. The second-order valence-corrected chi connectivity index (χ2v) is 5.85. The minimum Gasteiger partial charge on any atom is -0.448 e. The van der Waals surface area contributed by atoms with Crippen molar-refractivity contribution in [1.82, 2.24) is 9.80 Å². The Balaban J connectivity index is 2.35. The molecule has 2 amide bonds. The first kappa shape index (κ1) is 15.6. The molecule has 1 aliphatic rings. The highest BCUT2D eigenvalue weighted by Crippen LogP contribution is 2.13. The van der Waals surface area contributed by atoms with Gasteiger partial charge in [0.2, 0.25) is 0 Å². The van der Waals surface area contributed by atoms with Crippen LogP contribution >= 0.6 is 0 Å². The van der Waals surface area contributed by atoms with Crippen molar-refractivity contribution in [2.24, 2.45) is 0 Å². The van der Waals surface area contributed by atoms with Crippen molar-refractivity contribution < 1.29 is 19.1 Å². The number of cyclic esters (lactones) is 1. The average molecular weight is 272 g/mol. The molecular formula is C13H24N2O4. The van der Waals surface area contributed by atoms with Crippen LogP contribution in [0.5, 0.6) is 0 Å². The Morgan fingerprint density at radius 1 is 1.53 bits per heavy atom. The van der Waals surface area contributed by atoms with Crippen LogP contribution in [0.25, 0.3) is 0 Å². The molecule has 1 heterocycles. The first-order valence-electron chi connectivity index (χ1n) is 6.58. The summed E-state index contributed by atoms with van der Waals surface area (Å²) < 4.78 is 10.1. The molecule has 0 aliphatic carbocycles. The van der Waals surface area contributed by atoms with Crippen LogP contribution in [0.15, 0.2) is 0 Å². The molecule has 6 heteroatoms. The van der Waals surface area contributed by atoms with E-state index in [1.165, 1.54) is 4.90 Å². The summed E-state index contributed by atoms with van der Waals surface area (Å²) in [5.74, 6) is 0. The van der Waals surface area contributed by atoms with E-state index in [1.807, 2.05) is 27.7 Å². The number of rotatable bonds is 4. The minimum atomic E-state index is -0.490. The fraction of sp³-hybridized carbons (Fsp3) is 0.846. The van der Waals surface area contributed by atoms with Crippen molar-refractivity contribution in [3.8, 4) is 0 Å². The van der Waals surface area contributed by atoms with E-state index < -0.39 is 5.60 Å². The van der Waals surface area contributed by atoms with Crippen molar-refractivity contribution in [3.63, 3.8) is 0 Å². The van der Waals surface area contributed by atoms with Crippen LogP contribution < -0.4 is 0 Å². The molecule has 1 aliphatic heterocycles. The van der Waals surface area contributed by atoms with E-state index in [4.69, 9.17) is 9.47 Å². The summed E-state index contributed by atoms with van der Waals surface area (Å²) in [5, 5.41) is 0. The first-order valence-corrected chi connectivity index (χ1v) is 6.58. The van der Waals surface area contributed by atoms with Crippen LogP contribution in [-0.4, -0.2) is 60.4 Å². The molecule has 0 N–H and O–H groups in total. The highest BCUT2D eigenvalue weighted by molar-refractivity contribution is 5.69. The Kier molecular flexibility index (Phi) is 5.03. The van der Waals surface area contributed by atoms with Crippen LogP contribution in [0, 0.1) is 0 Å². The molecule has 19 heavy (non-hydrogen) atoms. The van der Waals surface area contributed by atoms with Crippen molar-refractivity contribution in [3.05, 3.63) is 0 Å². The summed E-state index contributed by atoms with van der Waals surface area (Å²) in [6.07, 6.45) is 0.0845. The zero-order valence-corrected chi connectivity index (χ0v) is 12.4. The third-order valence-electron chi connectivity index (χ3n) is 2.91. The standard InChI is InChI=1S/C13H24N2O4/c1-10(15-8-9-18-12(15)17)6-7-14(5)11(16)19-13(2,3)4/h10H,6-9H2,1-5H3. The smallest absolute Gasteiger partial charge is 0.410 e. The van der Waals surface area contributed by atoms with Gasteiger partial charge in [0.05, 0.1) is 6.54 Å². The number of hydrogen-bond acceptors (Lipinski definition) is 4. The maximum absolute atomic E-state index is 11.8. The zero-order valence-electron chi connectivity index (χ0n) is 12.4. The molecule has 1 fully saturated rings. The fourth-order valence-corrected chi connectivity index (χ4v) is 1.77. The Hall–Kier alpha value is -1.46. The monoisotopic (exact) mass is 272 g/mol. The van der Waals surface area contributed by atoms with Gasteiger partial charge >= 0.3 is 12.2 Å². The van der Waals surface area contributed by atoms with Crippen LogP contribution in [0.3, 0.4) is 0 Å². The van der Waals surface area contributed by atoms with E-state index in [9.17, 15) is 9.59 Å². The van der Waals surface area contributed by atoms with E-state index in [0.29, 0.717) is 26.1 Å². The van der Waals surface area contributed by atoms with Gasteiger partial charge in [0, 0.05) is 19.6 Å². The van der Waals surface area contributed by atoms with Gasteiger partial charge in [-0.3, -0.25) is 0 Å². The number of hydrogen-bond donors (Lipinski definition) is 0. The van der Waals surface area contributed by atoms with Crippen LogP contribution in [0.1, 0.15) is 34.1 Å². The molecule has 0 aromatic heterocycles. The summed E-state index contributed by atoms with van der Waals surface area (Å²) in [7, 11) is 1.70. The Morgan fingerprint density at radius 3 is 2.63 bits per heavy atom. The molecule has 6 nitrogen and oxygen atoms in total. The number of ether oxygens (including phenoxy) is 2. The molecule has 0 radical (unpaired) electrons. The van der Waals surface area contributed by atoms with Gasteiger partial charge in [-0.1, -0.05) is 0 Å². The lowest BCUT2D eigenvalue weighted by molar-refractivity contribution is 0.0289. The topological polar surface area (TPSA) is 59.1 Å². The molecule has 1 rings (SSSR count). The maximum atomic E-state index is 11.8. The van der Waals surface area contributed by atoms with Crippen molar-refractivity contribution in [1.29, 1.82) is 0 Å². The Morgan fingerprint density at radius 2 is 2.16 bits per heavy atom. The lowest BCUT2D eigenvalue weighted by Crippen LogP contribution is -2.39. The summed E-state index contributed by atoms with van der Waals surface area (Å²) in [5.41, 5.74) is -0.490. The number of nitrogens with zero attached hydrogens (tertiary/aromatic N) is 2. The zero-order chi connectivity index (χ0) is 14.6. The van der Waals surface area contributed by atoms with E-state index in [-0.39, 0.29) is 18.2 Å². The summed E-state index contributed by atoms with van der Waals surface area (Å²) in [6, 6.07) is 0.0555. The molecule has 0 bridgehead atoms. The van der Waals surface area contributed by atoms with E-state index in [0.717, 1.165) is 0 Å². The quantitative estimate of drug-likeness (QED) is 0.786. The van der Waals surface area contributed by atoms with E-state index in [1.54, 1.807) is 11.9 Å². The second kappa shape index (κ2) is 6.12. The normalized spacial score (nSPS) is 17.1. The van der Waals surface area contributed by atoms with Gasteiger partial charge in [-0.2, -0.15) is 0 Å². The lowest BCUT2D eigenvalue weighted by Gasteiger charge is -2.27. The van der Waals surface area contributed by atoms with Gasteiger partial charge < -0.3 is 19.3 Å². The third kappa shape index (κ3) is 4.96. The van der Waals surface area contributed by atoms with Crippen LogP contribution in [0.2, 0.25) is 0 Å². The largest absolute Gasteiger partial charge is 0.448 e. The molecule has 1 atom stereocenters. The Bertz CT molecular complexity index is 338. The average Bonchev–Trinajstić information content (AvgIpc) is 2.69. The maximum Gasteiger partial charge on any atom is 0.410 e. The predicted octanol–water partition coefficient (Wildman–Crippen LogP) is 2.08. The van der Waals surface area contributed by atoms with Crippen molar-refractivity contribution in [2.75, 3.05) is 26.7 Å². The number of amides is 2. The van der Waals surface area contributed by atoms with Gasteiger partial charge in [-0.05, 0) is 34.1 Å². The minimum absolute atomic E-state index is 0.0555. The van der Waals surface area contributed by atoms with Gasteiger partial charge in [-0.15, -0.1) is 0 Å². The van der Waals surface area contributed by atoms with Crippen LogP contribution in [0.4, 0.5) is 9.59 Å². The lowest BCUT2D eigenvalue weighted by atomic mass is 10.2. The molecule has 1 unspecified atom stereocenters. The van der Waals surface area contributed by atoms with Crippen molar-refractivity contribution >= 4 is 12.2 Å². The second-order valence-electron chi connectivity index (χ2n) is 5.85. The van der Waals surface area contributed by atoms with Crippen LogP contribution in [-0.2, 0) is 9.47 Å². The van der Waals surface area contributed by atoms with E-state index in [2.05, 4.69) is 0 Å². The fourth-order valence-electron chi connectivity index (χ4n) is 1.77. The van der Waals surface area contributed by atoms with Gasteiger partial charge in [0.1, 0.15) is 12.2 Å². The Labute approximate surface area is 114 Å². The summed E-state index contributed by atoms with van der Waals surface area (Å²) in [6.45, 7) is 9.07. The molecule has 0 spiro atoms. The van der Waals surface area contributed by atoms with E-state index >= 15 is 0 Å². The number of carbonyl (C=O) groups is 2. The highest BCUT2D eigenvalue weighted by atomic mass is 16.6. The van der Waals surface area contributed by atoms with Crippen molar-refractivity contribution in [2.45, 2.75) is 45.8 Å². The highest BCUT2D eigenvalue weighted by Gasteiger charge is 2.27. The molecule has 1 saturated heterocycles. The summed E-state index contributed by atoms with van der Waals surface area (Å²) in [4.78, 5) is 26.4. The molecule has 110 valence electrons. The molecule has 0 saturated carbocycles. The number of carbonyl (C=O) groups excluding carboxylic acids is 2. The third-order valence-corrected chi connectivity index (χ3v) is 2.91. The van der Waals surface area contributed by atoms with Gasteiger partial charge in [-0.25, -0.2) is 9.59 Å². The first-order chi connectivity index (χ1) is 8.70. The predicted molar refractivity (Wildman–Crippen MR) is 71.0 cm³/mol. The summed E-state index contributed by atoms with van der Waals surface area (Å²) >= 11 is 0.